The molecule has 0 aliphatic heterocycles. The summed E-state index contributed by atoms with van der Waals surface area (Å²) in [5.41, 5.74) is 1.00. The van der Waals surface area contributed by atoms with Crippen LogP contribution in [-0.4, -0.2) is 4.98 Å². The van der Waals surface area contributed by atoms with Gasteiger partial charge in [0.25, 0.3) is 0 Å². The Labute approximate surface area is 104 Å². The number of hydrogen-bond acceptors (Lipinski definition) is 2. The second-order valence-corrected chi connectivity index (χ2v) is 3.03. The monoisotopic (exact) mass is 385 g/mol. The topological polar surface area (TPSA) is 12.9 Å². The minimum Gasteiger partial charge on any atom is -0.358 e. The maximum absolute atomic E-state index is 4.20. The van der Waals surface area contributed by atoms with E-state index in [0.717, 1.165) is 10.6 Å². The van der Waals surface area contributed by atoms with E-state index in [2.05, 4.69) is 11.1 Å². The molecule has 0 atom stereocenters. The molecule has 3 heteroatoms. The van der Waals surface area contributed by atoms with Crippen LogP contribution in [0.5, 0.6) is 0 Å². The van der Waals surface area contributed by atoms with Crippen molar-refractivity contribution in [3.8, 4) is 10.6 Å². The van der Waals surface area contributed by atoms with E-state index in [1.165, 1.54) is 0 Å². The molecule has 0 aliphatic rings. The number of hydrogen-bond donors (Lipinski definition) is 0. The summed E-state index contributed by atoms with van der Waals surface area (Å²) >= 11 is 1.66. The Balaban J connectivity index is 0. The van der Waals surface area contributed by atoms with Crippen LogP contribution in [0.2, 0.25) is 0 Å². The van der Waals surface area contributed by atoms with Gasteiger partial charge in [-0.3, -0.25) is 0 Å². The Morgan fingerprint density at radius 1 is 1.21 bits per heavy atom. The zero-order valence-corrected chi connectivity index (χ0v) is 11.2. The van der Waals surface area contributed by atoms with Crippen LogP contribution in [0.15, 0.2) is 35.8 Å². The minimum atomic E-state index is 0. The molecule has 80 valence electrons. The van der Waals surface area contributed by atoms with Gasteiger partial charge in [0.15, 0.2) is 0 Å². The second-order valence-electron chi connectivity index (χ2n) is 2.11. The van der Waals surface area contributed by atoms with Crippen LogP contribution in [0, 0.1) is 20.9 Å². The largest absolute Gasteiger partial charge is 0.358 e. The van der Waals surface area contributed by atoms with Gasteiger partial charge in [-0.05, 0) is 11.8 Å². The Kier molecular flexibility index (Phi) is 9.02. The number of aromatic nitrogens is 1. The van der Waals surface area contributed by atoms with Crippen LogP contribution in [0.1, 0.15) is 0 Å². The Morgan fingerprint density at radius 3 is 2.50 bits per heavy atom. The van der Waals surface area contributed by atoms with Gasteiger partial charge in [-0.15, -0.1) is 5.38 Å². The van der Waals surface area contributed by atoms with Gasteiger partial charge < -0.3 is 19.8 Å². The fraction of sp³-hybridized carbons (Fsp3) is 0. The molecule has 0 spiro atoms. The van der Waals surface area contributed by atoms with Crippen LogP contribution in [0.4, 0.5) is 0 Å². The number of rotatable bonds is 1. The molecule has 0 radical (unpaired) electrons. The van der Waals surface area contributed by atoms with Crippen molar-refractivity contribution in [3.05, 3.63) is 56.8 Å². The maximum Gasteiger partial charge on any atom is 0.0124 e. The number of nitrogens with zero attached hydrogens (tertiary/aromatic N) is 1. The minimum absolute atomic E-state index is 0. The normalized spacial score (nSPS) is 7.71. The van der Waals surface area contributed by atoms with E-state index < -0.39 is 0 Å². The molecule has 0 aliphatic carbocycles. The predicted molar refractivity (Wildman–Crippen MR) is 59.2 cm³/mol. The van der Waals surface area contributed by atoms with Gasteiger partial charge >= 0.3 is 0 Å². The zero-order valence-electron chi connectivity index (χ0n) is 8.14. The fourth-order valence-electron chi connectivity index (χ4n) is 0.877. The molecule has 0 saturated carbocycles. The zero-order chi connectivity index (χ0) is 7.52. The van der Waals surface area contributed by atoms with Crippen molar-refractivity contribution in [3.63, 3.8) is 0 Å². The van der Waals surface area contributed by atoms with Crippen molar-refractivity contribution in [1.82, 2.24) is 4.98 Å². The van der Waals surface area contributed by atoms with Crippen LogP contribution in [-0.2, 0) is 21.1 Å². The third kappa shape index (κ3) is 3.73. The molecule has 2 heterocycles. The summed E-state index contributed by atoms with van der Waals surface area (Å²) < 4.78 is 0. The van der Waals surface area contributed by atoms with Gasteiger partial charge in [0, 0.05) is 27.3 Å². The molecule has 0 aromatic carbocycles. The average Bonchev–Trinajstić information content (AvgIpc) is 2.58. The quantitative estimate of drug-likeness (QED) is 0.685. The van der Waals surface area contributed by atoms with Crippen molar-refractivity contribution in [2.24, 2.45) is 0 Å². The first-order valence-electron chi connectivity index (χ1n) is 3.33. The summed E-state index contributed by atoms with van der Waals surface area (Å²) in [5, 5.41) is 2.00. The van der Waals surface area contributed by atoms with Gasteiger partial charge in [0.05, 0.1) is 0 Å². The van der Waals surface area contributed by atoms with E-state index in [1.54, 1.807) is 17.5 Å². The van der Waals surface area contributed by atoms with Gasteiger partial charge in [0.2, 0.25) is 0 Å². The SMILES string of the molecule is [CH3-].[CH3-].[Pt].[c-]1ccsc1-c1ccccn1. The molecular formula is C11H12NPtS-3. The molecule has 0 saturated heterocycles. The summed E-state index contributed by atoms with van der Waals surface area (Å²) in [6, 6.07) is 10.9. The summed E-state index contributed by atoms with van der Waals surface area (Å²) in [7, 11) is 0. The van der Waals surface area contributed by atoms with E-state index in [4.69, 9.17) is 0 Å². The van der Waals surface area contributed by atoms with Crippen molar-refractivity contribution in [2.75, 3.05) is 0 Å². The maximum atomic E-state index is 4.20. The summed E-state index contributed by atoms with van der Waals surface area (Å²) in [6.45, 7) is 0. The van der Waals surface area contributed by atoms with Crippen LogP contribution in [0.25, 0.3) is 10.6 Å². The third-order valence-electron chi connectivity index (χ3n) is 1.37. The van der Waals surface area contributed by atoms with E-state index >= 15 is 0 Å². The van der Waals surface area contributed by atoms with Crippen molar-refractivity contribution >= 4 is 11.3 Å². The molecule has 0 fully saturated rings. The van der Waals surface area contributed by atoms with E-state index in [-0.39, 0.29) is 35.9 Å². The standard InChI is InChI=1S/C9H6NS.2CH3.Pt/c1-2-6-10-8(4-1)9-5-3-7-11-9;;;/h1-4,6-7H;2*1H3;/q3*-1;. The second kappa shape index (κ2) is 7.90. The van der Waals surface area contributed by atoms with Gasteiger partial charge in [0.1, 0.15) is 0 Å². The van der Waals surface area contributed by atoms with Gasteiger partial charge in [-0.25, -0.2) is 11.3 Å². The number of pyridine rings is 1. The molecule has 2 aromatic rings. The van der Waals surface area contributed by atoms with Crippen LogP contribution in [0.3, 0.4) is 0 Å². The Morgan fingerprint density at radius 2 is 2.00 bits per heavy atom. The summed E-state index contributed by atoms with van der Waals surface area (Å²) in [6.07, 6.45) is 1.79. The number of thiophene rings is 1. The fourth-order valence-corrected chi connectivity index (χ4v) is 1.53. The average molecular weight is 385 g/mol. The smallest absolute Gasteiger partial charge is 0.0124 e. The van der Waals surface area contributed by atoms with Crippen LogP contribution >= 0.6 is 11.3 Å². The molecule has 2 aromatic heterocycles. The first kappa shape index (κ1) is 16.0. The van der Waals surface area contributed by atoms with Crippen molar-refractivity contribution in [1.29, 1.82) is 0 Å². The van der Waals surface area contributed by atoms with E-state index in [0.29, 0.717) is 0 Å². The molecule has 0 bridgehead atoms. The molecule has 2 rings (SSSR count). The third-order valence-corrected chi connectivity index (χ3v) is 2.20. The molecular weight excluding hydrogens is 373 g/mol. The molecule has 14 heavy (non-hydrogen) atoms. The predicted octanol–water partition coefficient (Wildman–Crippen LogP) is 3.51. The van der Waals surface area contributed by atoms with E-state index in [1.807, 2.05) is 29.6 Å². The molecule has 1 nitrogen and oxygen atoms in total. The van der Waals surface area contributed by atoms with Gasteiger partial charge in [-0.1, -0.05) is 17.0 Å². The molecule has 0 unspecified atom stereocenters. The van der Waals surface area contributed by atoms with Crippen LogP contribution < -0.4 is 0 Å². The van der Waals surface area contributed by atoms with Crippen molar-refractivity contribution < 1.29 is 21.1 Å². The first-order chi connectivity index (χ1) is 5.47. The first-order valence-corrected chi connectivity index (χ1v) is 4.21. The molecule has 0 N–H and O–H groups in total. The Bertz CT molecular complexity index is 318. The molecule has 0 amide bonds. The summed E-state index contributed by atoms with van der Waals surface area (Å²) in [5.74, 6) is 0. The van der Waals surface area contributed by atoms with Gasteiger partial charge in [-0.2, -0.15) is 12.1 Å². The summed E-state index contributed by atoms with van der Waals surface area (Å²) in [4.78, 5) is 5.30. The van der Waals surface area contributed by atoms with E-state index in [9.17, 15) is 0 Å². The van der Waals surface area contributed by atoms with Crippen molar-refractivity contribution in [2.45, 2.75) is 0 Å². The Hall–Kier alpha value is -0.462.